The van der Waals surface area contributed by atoms with Crippen molar-refractivity contribution < 1.29 is 18.7 Å². The predicted octanol–water partition coefficient (Wildman–Crippen LogP) is 2.41. The van der Waals surface area contributed by atoms with Gasteiger partial charge in [-0.2, -0.15) is 0 Å². The molecule has 1 N–H and O–H groups in total. The molecule has 0 spiro atoms. The molecule has 1 rings (SSSR count). The number of carbonyl (C=O) groups is 1. The van der Waals surface area contributed by atoms with Crippen LogP contribution in [0, 0.1) is 0 Å². The maximum absolute atomic E-state index is 12.3. The molecule has 76 valence electrons. The first-order valence-corrected chi connectivity index (χ1v) is 4.44. The van der Waals surface area contributed by atoms with Gasteiger partial charge >= 0.3 is 5.97 Å². The third kappa shape index (κ3) is 2.73. The van der Waals surface area contributed by atoms with Crippen molar-refractivity contribution in [3.63, 3.8) is 0 Å². The van der Waals surface area contributed by atoms with Gasteiger partial charge in [-0.25, -0.2) is 8.78 Å². The second kappa shape index (κ2) is 4.45. The smallest absolute Gasteiger partial charge is 0.307 e. The highest BCUT2D eigenvalue weighted by atomic mass is 79.9. The van der Waals surface area contributed by atoms with Gasteiger partial charge in [-0.1, -0.05) is 0 Å². The Labute approximate surface area is 86.9 Å². The second-order valence-corrected chi connectivity index (χ2v) is 3.48. The molecule has 0 aliphatic heterocycles. The second-order valence-electron chi connectivity index (χ2n) is 2.57. The summed E-state index contributed by atoms with van der Waals surface area (Å²) in [6.45, 7) is 0. The summed E-state index contributed by atoms with van der Waals surface area (Å²) in [6, 6.07) is 1.34. The number of carboxylic acid groups (broad SMARTS) is 1. The molecule has 1 heterocycles. The molecule has 0 saturated heterocycles. The van der Waals surface area contributed by atoms with Crippen LogP contribution in [0.3, 0.4) is 0 Å². The molecule has 0 aliphatic carbocycles. The summed E-state index contributed by atoms with van der Waals surface area (Å²) in [5.41, 5.74) is -0.447. The fraction of sp³-hybridized carbons (Fsp3) is 0.250. The van der Waals surface area contributed by atoms with Crippen molar-refractivity contribution in [2.45, 2.75) is 12.8 Å². The van der Waals surface area contributed by atoms with E-state index < -0.39 is 24.5 Å². The highest BCUT2D eigenvalue weighted by Crippen LogP contribution is 2.23. The summed E-state index contributed by atoms with van der Waals surface area (Å²) in [5.74, 6) is -1.16. The van der Waals surface area contributed by atoms with Crippen LogP contribution in [0.2, 0.25) is 0 Å². The normalized spacial score (nSPS) is 10.6. The van der Waals surface area contributed by atoms with Crippen LogP contribution in [-0.4, -0.2) is 16.1 Å². The summed E-state index contributed by atoms with van der Waals surface area (Å²) in [7, 11) is 0. The van der Waals surface area contributed by atoms with Crippen LogP contribution in [0.1, 0.15) is 17.7 Å². The zero-order chi connectivity index (χ0) is 10.7. The van der Waals surface area contributed by atoms with Crippen molar-refractivity contribution >= 4 is 21.9 Å². The predicted molar refractivity (Wildman–Crippen MR) is 48.2 cm³/mol. The molecule has 0 aromatic carbocycles. The first-order valence-electron chi connectivity index (χ1n) is 3.65. The van der Waals surface area contributed by atoms with Crippen molar-refractivity contribution in [2.24, 2.45) is 0 Å². The highest BCUT2D eigenvalue weighted by molar-refractivity contribution is 9.10. The maximum Gasteiger partial charge on any atom is 0.307 e. The molecule has 1 aromatic rings. The highest BCUT2D eigenvalue weighted by Gasteiger charge is 2.16. The number of aliphatic carboxylic acids is 1. The lowest BCUT2D eigenvalue weighted by atomic mass is 10.1. The largest absolute Gasteiger partial charge is 0.481 e. The molecule has 14 heavy (non-hydrogen) atoms. The number of hydrogen-bond acceptors (Lipinski definition) is 2. The zero-order valence-electron chi connectivity index (χ0n) is 6.88. The van der Waals surface area contributed by atoms with E-state index >= 15 is 0 Å². The van der Waals surface area contributed by atoms with Gasteiger partial charge in [0.05, 0.1) is 6.42 Å². The Kier molecular flexibility index (Phi) is 3.51. The molecule has 0 amide bonds. The van der Waals surface area contributed by atoms with E-state index in [1.165, 1.54) is 12.3 Å². The Morgan fingerprint density at radius 3 is 2.79 bits per heavy atom. The Balaban J connectivity index is 3.09. The number of rotatable bonds is 3. The molecular formula is C8H6BrF2NO2. The summed E-state index contributed by atoms with van der Waals surface area (Å²) >= 11 is 3.04. The molecular weight excluding hydrogens is 260 g/mol. The molecule has 0 radical (unpaired) electrons. The summed E-state index contributed by atoms with van der Waals surface area (Å²) < 4.78 is 25.2. The third-order valence-corrected chi connectivity index (χ3v) is 1.95. The van der Waals surface area contributed by atoms with Gasteiger partial charge in [0.15, 0.2) is 0 Å². The van der Waals surface area contributed by atoms with Gasteiger partial charge in [0, 0.05) is 10.7 Å². The Morgan fingerprint density at radius 1 is 1.64 bits per heavy atom. The Hall–Kier alpha value is -1.04. The topological polar surface area (TPSA) is 50.2 Å². The zero-order valence-corrected chi connectivity index (χ0v) is 8.46. The monoisotopic (exact) mass is 265 g/mol. The fourth-order valence-electron chi connectivity index (χ4n) is 0.993. The van der Waals surface area contributed by atoms with E-state index in [2.05, 4.69) is 20.9 Å². The van der Waals surface area contributed by atoms with E-state index in [9.17, 15) is 13.6 Å². The van der Waals surface area contributed by atoms with E-state index in [0.29, 0.717) is 4.47 Å². The van der Waals surface area contributed by atoms with Gasteiger partial charge in [0.1, 0.15) is 5.69 Å². The van der Waals surface area contributed by atoms with E-state index in [0.717, 1.165) is 0 Å². The molecule has 1 aromatic heterocycles. The Morgan fingerprint density at radius 2 is 2.29 bits per heavy atom. The summed E-state index contributed by atoms with van der Waals surface area (Å²) in [6.07, 6.45) is -1.99. The number of halogens is 3. The minimum atomic E-state index is -2.75. The standard InChI is InChI=1S/C8H6BrF2NO2/c9-5-1-4(2-6(13)14)7(8(10)11)12-3-5/h1,3,8H,2H2,(H,13,14). The van der Waals surface area contributed by atoms with Crippen LogP contribution in [-0.2, 0) is 11.2 Å². The van der Waals surface area contributed by atoms with Crippen LogP contribution < -0.4 is 0 Å². The lowest BCUT2D eigenvalue weighted by Gasteiger charge is -2.05. The van der Waals surface area contributed by atoms with Crippen LogP contribution in [0.25, 0.3) is 0 Å². The SMILES string of the molecule is O=C(O)Cc1cc(Br)cnc1C(F)F. The van der Waals surface area contributed by atoms with E-state index in [-0.39, 0.29) is 5.56 Å². The van der Waals surface area contributed by atoms with E-state index in [1.807, 2.05) is 0 Å². The molecule has 0 fully saturated rings. The van der Waals surface area contributed by atoms with Gasteiger partial charge in [0.25, 0.3) is 6.43 Å². The minimum absolute atomic E-state index is 0.0295. The maximum atomic E-state index is 12.3. The van der Waals surface area contributed by atoms with Crippen LogP contribution in [0.4, 0.5) is 8.78 Å². The number of nitrogens with zero attached hydrogens (tertiary/aromatic N) is 1. The Bertz CT molecular complexity index is 357. The van der Waals surface area contributed by atoms with Gasteiger partial charge in [-0.3, -0.25) is 9.78 Å². The van der Waals surface area contributed by atoms with Crippen molar-refractivity contribution in [2.75, 3.05) is 0 Å². The molecule has 0 atom stereocenters. The van der Waals surface area contributed by atoms with Crippen molar-refractivity contribution in [3.8, 4) is 0 Å². The molecule has 0 aliphatic rings. The van der Waals surface area contributed by atoms with Crippen molar-refractivity contribution in [1.82, 2.24) is 4.98 Å². The first-order chi connectivity index (χ1) is 6.50. The molecule has 6 heteroatoms. The minimum Gasteiger partial charge on any atom is -0.481 e. The van der Waals surface area contributed by atoms with E-state index in [4.69, 9.17) is 5.11 Å². The lowest BCUT2D eigenvalue weighted by molar-refractivity contribution is -0.136. The van der Waals surface area contributed by atoms with Gasteiger partial charge in [-0.15, -0.1) is 0 Å². The molecule has 0 saturated carbocycles. The summed E-state index contributed by atoms with van der Waals surface area (Å²) in [5, 5.41) is 8.48. The number of aromatic nitrogens is 1. The van der Waals surface area contributed by atoms with E-state index in [1.54, 1.807) is 0 Å². The average Bonchev–Trinajstić information content (AvgIpc) is 2.01. The first kappa shape index (κ1) is 11.0. The molecule has 0 bridgehead atoms. The number of alkyl halides is 2. The fourth-order valence-corrected chi connectivity index (χ4v) is 1.37. The lowest BCUT2D eigenvalue weighted by Crippen LogP contribution is -2.05. The van der Waals surface area contributed by atoms with Gasteiger partial charge < -0.3 is 5.11 Å². The quantitative estimate of drug-likeness (QED) is 0.913. The number of pyridine rings is 1. The van der Waals surface area contributed by atoms with Crippen molar-refractivity contribution in [1.29, 1.82) is 0 Å². The molecule has 3 nitrogen and oxygen atoms in total. The van der Waals surface area contributed by atoms with Gasteiger partial charge in [-0.05, 0) is 27.6 Å². The van der Waals surface area contributed by atoms with Gasteiger partial charge in [0.2, 0.25) is 0 Å². The van der Waals surface area contributed by atoms with Crippen LogP contribution >= 0.6 is 15.9 Å². The third-order valence-electron chi connectivity index (χ3n) is 1.52. The average molecular weight is 266 g/mol. The van der Waals surface area contributed by atoms with Crippen molar-refractivity contribution in [3.05, 3.63) is 28.0 Å². The van der Waals surface area contributed by atoms with Crippen LogP contribution in [0.5, 0.6) is 0 Å². The molecule has 0 unspecified atom stereocenters. The number of hydrogen-bond donors (Lipinski definition) is 1. The summed E-state index contributed by atoms with van der Waals surface area (Å²) in [4.78, 5) is 13.8. The number of carboxylic acids is 1. The van der Waals surface area contributed by atoms with Crippen LogP contribution in [0.15, 0.2) is 16.7 Å².